The van der Waals surface area contributed by atoms with E-state index in [1.165, 1.54) is 0 Å². The van der Waals surface area contributed by atoms with E-state index in [1.54, 1.807) is 24.3 Å². The van der Waals surface area contributed by atoms with Crippen molar-refractivity contribution in [1.29, 1.82) is 0 Å². The molecule has 4 nitrogen and oxygen atoms in total. The summed E-state index contributed by atoms with van der Waals surface area (Å²) < 4.78 is 5.36. The Labute approximate surface area is 88.1 Å². The monoisotopic (exact) mass is 210 g/mol. The third-order valence-corrected chi connectivity index (χ3v) is 1.87. The van der Waals surface area contributed by atoms with Gasteiger partial charge >= 0.3 is 5.97 Å². The lowest BCUT2D eigenvalue weighted by molar-refractivity contribution is -0.136. The topological polar surface area (TPSA) is 66.8 Å². The van der Waals surface area contributed by atoms with E-state index >= 15 is 0 Å². The molecule has 15 heavy (non-hydrogen) atoms. The number of carbonyl (C=O) groups is 1. The molecule has 0 atom stereocenters. The van der Waals surface area contributed by atoms with Crippen molar-refractivity contribution in [2.75, 3.05) is 13.2 Å². The highest BCUT2D eigenvalue weighted by Gasteiger charge is 2.06. The zero-order valence-corrected chi connectivity index (χ0v) is 8.35. The fourth-order valence-corrected chi connectivity index (χ4v) is 1.20. The van der Waals surface area contributed by atoms with E-state index in [2.05, 4.69) is 0 Å². The number of hydrogen-bond donors (Lipinski definition) is 2. The van der Waals surface area contributed by atoms with Gasteiger partial charge in [-0.05, 0) is 6.07 Å². The summed E-state index contributed by atoms with van der Waals surface area (Å²) in [5.74, 6) is -0.304. The first-order chi connectivity index (χ1) is 7.24. The first-order valence-electron chi connectivity index (χ1n) is 4.77. The molecule has 0 aliphatic heterocycles. The molecule has 0 heterocycles. The Morgan fingerprint density at radius 1 is 1.33 bits per heavy atom. The van der Waals surface area contributed by atoms with Crippen molar-refractivity contribution in [2.45, 2.75) is 12.8 Å². The summed E-state index contributed by atoms with van der Waals surface area (Å²) in [7, 11) is 0. The molecule has 1 aromatic rings. The van der Waals surface area contributed by atoms with Gasteiger partial charge in [0.2, 0.25) is 0 Å². The summed E-state index contributed by atoms with van der Waals surface area (Å²) in [4.78, 5) is 10.6. The zero-order valence-electron chi connectivity index (χ0n) is 8.35. The molecule has 0 aliphatic carbocycles. The summed E-state index contributed by atoms with van der Waals surface area (Å²) in [5.41, 5.74) is 0.655. The largest absolute Gasteiger partial charge is 0.493 e. The number of para-hydroxylation sites is 1. The average molecular weight is 210 g/mol. The van der Waals surface area contributed by atoms with Gasteiger partial charge in [-0.3, -0.25) is 4.79 Å². The van der Waals surface area contributed by atoms with Crippen molar-refractivity contribution in [2.24, 2.45) is 0 Å². The predicted molar refractivity (Wildman–Crippen MR) is 55.0 cm³/mol. The third kappa shape index (κ3) is 3.99. The van der Waals surface area contributed by atoms with Crippen LogP contribution in [-0.4, -0.2) is 29.4 Å². The molecular weight excluding hydrogens is 196 g/mol. The van der Waals surface area contributed by atoms with Crippen molar-refractivity contribution >= 4 is 5.97 Å². The van der Waals surface area contributed by atoms with E-state index in [0.29, 0.717) is 24.3 Å². The van der Waals surface area contributed by atoms with E-state index in [-0.39, 0.29) is 13.0 Å². The molecule has 0 bridgehead atoms. The van der Waals surface area contributed by atoms with Crippen molar-refractivity contribution < 1.29 is 19.7 Å². The molecule has 1 aromatic carbocycles. The summed E-state index contributed by atoms with van der Waals surface area (Å²) in [6.07, 6.45) is 0.497. The number of ether oxygens (including phenoxy) is 1. The number of rotatable bonds is 6. The van der Waals surface area contributed by atoms with Crippen molar-refractivity contribution in [3.8, 4) is 5.75 Å². The molecule has 0 saturated carbocycles. The Morgan fingerprint density at radius 2 is 2.07 bits per heavy atom. The molecule has 2 N–H and O–H groups in total. The van der Waals surface area contributed by atoms with Crippen LogP contribution in [0.25, 0.3) is 0 Å². The van der Waals surface area contributed by atoms with Crippen molar-refractivity contribution in [3.63, 3.8) is 0 Å². The predicted octanol–water partition coefficient (Wildman–Crippen LogP) is 1.07. The molecular formula is C11H14O4. The highest BCUT2D eigenvalue weighted by atomic mass is 16.5. The van der Waals surface area contributed by atoms with Gasteiger partial charge in [0.15, 0.2) is 0 Å². The van der Waals surface area contributed by atoms with E-state index in [4.69, 9.17) is 14.9 Å². The minimum atomic E-state index is -0.881. The number of carboxylic acid groups (broad SMARTS) is 1. The molecule has 1 rings (SSSR count). The normalized spacial score (nSPS) is 9.93. The summed E-state index contributed by atoms with van der Waals surface area (Å²) >= 11 is 0. The second-order valence-corrected chi connectivity index (χ2v) is 3.10. The molecule has 0 aromatic heterocycles. The van der Waals surface area contributed by atoms with E-state index in [9.17, 15) is 4.79 Å². The minimum Gasteiger partial charge on any atom is -0.493 e. The summed E-state index contributed by atoms with van der Waals surface area (Å²) in [6, 6.07) is 7.02. The fourth-order valence-electron chi connectivity index (χ4n) is 1.20. The van der Waals surface area contributed by atoms with Crippen LogP contribution in [0.4, 0.5) is 0 Å². The molecule has 0 unspecified atom stereocenters. The zero-order chi connectivity index (χ0) is 11.1. The van der Waals surface area contributed by atoms with Gasteiger partial charge in [0.05, 0.1) is 13.0 Å². The number of hydrogen-bond acceptors (Lipinski definition) is 3. The Balaban J connectivity index is 2.64. The summed E-state index contributed by atoms with van der Waals surface area (Å²) in [5, 5.41) is 17.3. The molecule has 0 aliphatic rings. The Morgan fingerprint density at radius 3 is 2.73 bits per heavy atom. The average Bonchev–Trinajstić information content (AvgIpc) is 2.20. The van der Waals surface area contributed by atoms with Crippen LogP contribution in [0.1, 0.15) is 12.0 Å². The Kier molecular flexibility index (Phi) is 4.63. The van der Waals surface area contributed by atoms with Crippen LogP contribution in [-0.2, 0) is 11.2 Å². The van der Waals surface area contributed by atoms with Crippen LogP contribution in [0.15, 0.2) is 24.3 Å². The SMILES string of the molecule is O=C(O)Cc1ccccc1OCCCO. The standard InChI is InChI=1S/C11H14O4/c12-6-3-7-15-10-5-2-1-4-9(10)8-11(13)14/h1-2,4-5,12H,3,6-8H2,(H,13,14). The van der Waals surface area contributed by atoms with Gasteiger partial charge in [-0.15, -0.1) is 0 Å². The van der Waals surface area contributed by atoms with Gasteiger partial charge in [-0.2, -0.15) is 0 Å². The van der Waals surface area contributed by atoms with Crippen LogP contribution in [0, 0.1) is 0 Å². The second-order valence-electron chi connectivity index (χ2n) is 3.10. The molecule has 0 spiro atoms. The van der Waals surface area contributed by atoms with Gasteiger partial charge in [0, 0.05) is 18.6 Å². The van der Waals surface area contributed by atoms with Crippen LogP contribution in [0.5, 0.6) is 5.75 Å². The van der Waals surface area contributed by atoms with E-state index in [1.807, 2.05) is 0 Å². The van der Waals surface area contributed by atoms with E-state index in [0.717, 1.165) is 0 Å². The smallest absolute Gasteiger partial charge is 0.307 e. The van der Waals surface area contributed by atoms with Gasteiger partial charge in [-0.1, -0.05) is 18.2 Å². The van der Waals surface area contributed by atoms with Crippen LogP contribution in [0.2, 0.25) is 0 Å². The highest BCUT2D eigenvalue weighted by molar-refractivity contribution is 5.71. The fraction of sp³-hybridized carbons (Fsp3) is 0.364. The number of carboxylic acids is 1. The first kappa shape index (κ1) is 11.5. The van der Waals surface area contributed by atoms with Crippen LogP contribution < -0.4 is 4.74 Å². The van der Waals surface area contributed by atoms with Gasteiger partial charge in [0.1, 0.15) is 5.75 Å². The quantitative estimate of drug-likeness (QED) is 0.689. The second kappa shape index (κ2) is 6.03. The lowest BCUT2D eigenvalue weighted by Gasteiger charge is -2.09. The number of benzene rings is 1. The lowest BCUT2D eigenvalue weighted by Crippen LogP contribution is -2.05. The van der Waals surface area contributed by atoms with Crippen molar-refractivity contribution in [3.05, 3.63) is 29.8 Å². The molecule has 4 heteroatoms. The molecule has 0 fully saturated rings. The van der Waals surface area contributed by atoms with Crippen LogP contribution in [0.3, 0.4) is 0 Å². The first-order valence-corrected chi connectivity index (χ1v) is 4.77. The number of aliphatic hydroxyl groups excluding tert-OH is 1. The lowest BCUT2D eigenvalue weighted by atomic mass is 10.1. The Hall–Kier alpha value is -1.55. The van der Waals surface area contributed by atoms with Gasteiger partial charge < -0.3 is 14.9 Å². The molecule has 0 saturated heterocycles. The van der Waals surface area contributed by atoms with Gasteiger partial charge in [0.25, 0.3) is 0 Å². The molecule has 0 amide bonds. The van der Waals surface area contributed by atoms with Crippen LogP contribution >= 0.6 is 0 Å². The summed E-state index contributed by atoms with van der Waals surface area (Å²) in [6.45, 7) is 0.466. The highest BCUT2D eigenvalue weighted by Crippen LogP contribution is 2.18. The number of aliphatic hydroxyl groups is 1. The van der Waals surface area contributed by atoms with Gasteiger partial charge in [-0.25, -0.2) is 0 Å². The Bertz CT molecular complexity index is 322. The van der Waals surface area contributed by atoms with E-state index < -0.39 is 5.97 Å². The maximum atomic E-state index is 10.6. The maximum Gasteiger partial charge on any atom is 0.307 e. The minimum absolute atomic E-state index is 0.0463. The van der Waals surface area contributed by atoms with Crippen molar-refractivity contribution in [1.82, 2.24) is 0 Å². The third-order valence-electron chi connectivity index (χ3n) is 1.87. The molecule has 0 radical (unpaired) electrons. The number of aliphatic carboxylic acids is 1. The maximum absolute atomic E-state index is 10.6. The molecule has 82 valence electrons.